The largest absolute Gasteiger partial charge is 0.394 e. The highest BCUT2D eigenvalue weighted by Gasteiger charge is 2.46. The average molecular weight is 290 g/mol. The van der Waals surface area contributed by atoms with E-state index in [1.165, 1.54) is 0 Å². The average Bonchev–Trinajstić information content (AvgIpc) is 3.08. The van der Waals surface area contributed by atoms with Gasteiger partial charge in [-0.05, 0) is 25.0 Å². The molecule has 1 aliphatic rings. The Hall–Kier alpha value is -1.58. The minimum Gasteiger partial charge on any atom is -0.394 e. The van der Waals surface area contributed by atoms with E-state index in [1.807, 2.05) is 0 Å². The summed E-state index contributed by atoms with van der Waals surface area (Å²) in [6, 6.07) is 2.85. The number of para-hydroxylation sites is 1. The molecule has 0 heterocycles. The van der Waals surface area contributed by atoms with Crippen LogP contribution in [0.1, 0.15) is 12.8 Å². The third-order valence-corrected chi connectivity index (χ3v) is 4.54. The molecular weight excluding hydrogens is 279 g/mol. The number of aliphatic hydroxyl groups excluding tert-OH is 1. The zero-order valence-corrected chi connectivity index (χ0v) is 10.5. The van der Waals surface area contributed by atoms with Gasteiger partial charge in [-0.2, -0.15) is 4.39 Å². The summed E-state index contributed by atoms with van der Waals surface area (Å²) in [7, 11) is -4.26. The first-order valence-corrected chi connectivity index (χ1v) is 6.87. The maximum atomic E-state index is 13.4. The van der Waals surface area contributed by atoms with Crippen LogP contribution in [0.5, 0.6) is 0 Å². The molecule has 7 nitrogen and oxygen atoms in total. The van der Waals surface area contributed by atoms with E-state index in [9.17, 15) is 22.9 Å². The number of nitro groups is 1. The summed E-state index contributed by atoms with van der Waals surface area (Å²) in [6.07, 6.45) is 0.873. The summed E-state index contributed by atoms with van der Waals surface area (Å²) in [4.78, 5) is 8.94. The van der Waals surface area contributed by atoms with Gasteiger partial charge in [-0.25, -0.2) is 13.1 Å². The molecule has 0 aromatic heterocycles. The fourth-order valence-corrected chi connectivity index (χ4v) is 3.31. The van der Waals surface area contributed by atoms with Crippen LogP contribution >= 0.6 is 0 Å². The van der Waals surface area contributed by atoms with E-state index in [1.54, 1.807) is 0 Å². The first-order valence-electron chi connectivity index (χ1n) is 5.39. The van der Waals surface area contributed by atoms with Crippen molar-refractivity contribution < 1.29 is 22.8 Å². The lowest BCUT2D eigenvalue weighted by molar-refractivity contribution is -0.390. The van der Waals surface area contributed by atoms with Crippen LogP contribution in [0.25, 0.3) is 0 Å². The van der Waals surface area contributed by atoms with Crippen LogP contribution in [0, 0.1) is 15.9 Å². The van der Waals surface area contributed by atoms with Gasteiger partial charge in [0.05, 0.1) is 17.1 Å². The maximum Gasteiger partial charge on any atom is 0.324 e. The Morgan fingerprint density at radius 2 is 2.11 bits per heavy atom. The van der Waals surface area contributed by atoms with Crippen LogP contribution in [0.4, 0.5) is 10.1 Å². The van der Waals surface area contributed by atoms with E-state index < -0.39 is 43.5 Å². The fourth-order valence-electron chi connectivity index (χ4n) is 1.67. The lowest BCUT2D eigenvalue weighted by Crippen LogP contribution is -2.39. The number of hydrogen-bond acceptors (Lipinski definition) is 5. The number of benzene rings is 1. The summed E-state index contributed by atoms with van der Waals surface area (Å²) < 4.78 is 39.6. The molecular formula is C10H11FN2O5S. The number of sulfonamides is 1. The standard InChI is InChI=1S/C10H11FN2O5S/c11-7-2-1-3-8(9(7)13(15)16)19(17,18)12-10(6-14)4-5-10/h1-3,12,14H,4-6H2. The van der Waals surface area contributed by atoms with E-state index in [0.717, 1.165) is 18.2 Å². The molecule has 0 aliphatic heterocycles. The molecule has 1 fully saturated rings. The third-order valence-electron chi connectivity index (χ3n) is 2.93. The highest BCUT2D eigenvalue weighted by Crippen LogP contribution is 2.37. The predicted octanol–water partition coefficient (Wildman–Crippen LogP) is 0.537. The van der Waals surface area contributed by atoms with E-state index in [-0.39, 0.29) is 0 Å². The number of aliphatic hydroxyl groups is 1. The Kier molecular flexibility index (Phi) is 3.29. The number of nitrogens with one attached hydrogen (secondary N) is 1. The van der Waals surface area contributed by atoms with Gasteiger partial charge >= 0.3 is 5.69 Å². The second-order valence-corrected chi connectivity index (χ2v) is 6.04. The first kappa shape index (κ1) is 13.8. The maximum absolute atomic E-state index is 13.4. The van der Waals surface area contributed by atoms with E-state index >= 15 is 0 Å². The van der Waals surface area contributed by atoms with Crippen molar-refractivity contribution in [2.24, 2.45) is 0 Å². The molecule has 19 heavy (non-hydrogen) atoms. The van der Waals surface area contributed by atoms with E-state index in [2.05, 4.69) is 4.72 Å². The molecule has 0 amide bonds. The molecule has 104 valence electrons. The molecule has 0 radical (unpaired) electrons. The molecule has 0 bridgehead atoms. The monoisotopic (exact) mass is 290 g/mol. The Morgan fingerprint density at radius 1 is 1.47 bits per heavy atom. The van der Waals surface area contributed by atoms with Crippen LogP contribution in [0.15, 0.2) is 23.1 Å². The zero-order valence-electron chi connectivity index (χ0n) is 9.67. The summed E-state index contributed by atoms with van der Waals surface area (Å²) in [5, 5.41) is 19.8. The summed E-state index contributed by atoms with van der Waals surface area (Å²) >= 11 is 0. The van der Waals surface area contributed by atoms with Crippen molar-refractivity contribution in [2.45, 2.75) is 23.3 Å². The molecule has 1 saturated carbocycles. The molecule has 0 atom stereocenters. The quantitative estimate of drug-likeness (QED) is 0.607. The van der Waals surface area contributed by atoms with Crippen LogP contribution in [0.2, 0.25) is 0 Å². The van der Waals surface area contributed by atoms with Crippen molar-refractivity contribution in [2.75, 3.05) is 6.61 Å². The summed E-state index contributed by atoms with van der Waals surface area (Å²) in [5.41, 5.74) is -2.07. The minimum absolute atomic E-state index is 0.407. The fraction of sp³-hybridized carbons (Fsp3) is 0.400. The molecule has 2 N–H and O–H groups in total. The Morgan fingerprint density at radius 3 is 2.58 bits per heavy atom. The number of hydrogen-bond donors (Lipinski definition) is 2. The van der Waals surface area contributed by atoms with Crippen molar-refractivity contribution in [3.63, 3.8) is 0 Å². The Bertz CT molecular complexity index is 627. The van der Waals surface area contributed by atoms with Gasteiger partial charge in [0.1, 0.15) is 0 Å². The van der Waals surface area contributed by atoms with Gasteiger partial charge in [-0.15, -0.1) is 0 Å². The van der Waals surface area contributed by atoms with Crippen LogP contribution in [-0.2, 0) is 10.0 Å². The van der Waals surface area contributed by atoms with Gasteiger partial charge in [-0.3, -0.25) is 10.1 Å². The van der Waals surface area contributed by atoms with Crippen LogP contribution in [0.3, 0.4) is 0 Å². The second-order valence-electron chi connectivity index (χ2n) is 4.39. The third kappa shape index (κ3) is 2.57. The lowest BCUT2D eigenvalue weighted by atomic mass is 10.3. The van der Waals surface area contributed by atoms with Crippen molar-refractivity contribution >= 4 is 15.7 Å². The highest BCUT2D eigenvalue weighted by atomic mass is 32.2. The van der Waals surface area contributed by atoms with Gasteiger partial charge in [-0.1, -0.05) is 6.07 Å². The topological polar surface area (TPSA) is 110 Å². The predicted molar refractivity (Wildman–Crippen MR) is 62.4 cm³/mol. The van der Waals surface area contributed by atoms with Gasteiger partial charge in [0.15, 0.2) is 4.90 Å². The van der Waals surface area contributed by atoms with Crippen molar-refractivity contribution in [1.82, 2.24) is 4.72 Å². The molecule has 2 rings (SSSR count). The Labute approximate surface area is 108 Å². The van der Waals surface area contributed by atoms with Crippen LogP contribution < -0.4 is 4.72 Å². The molecule has 0 unspecified atom stereocenters. The van der Waals surface area contributed by atoms with Gasteiger partial charge in [0.2, 0.25) is 15.8 Å². The number of nitro benzene ring substituents is 1. The molecule has 1 aromatic carbocycles. The number of nitrogens with zero attached hydrogens (tertiary/aromatic N) is 1. The molecule has 0 saturated heterocycles. The SMILES string of the molecule is O=[N+]([O-])c1c(F)cccc1S(=O)(=O)NC1(CO)CC1. The van der Waals surface area contributed by atoms with Crippen molar-refractivity contribution in [1.29, 1.82) is 0 Å². The summed E-state index contributed by atoms with van der Waals surface area (Å²) in [5.74, 6) is -1.22. The summed E-state index contributed by atoms with van der Waals surface area (Å²) in [6.45, 7) is -0.407. The van der Waals surface area contributed by atoms with Gasteiger partial charge in [0, 0.05) is 0 Å². The van der Waals surface area contributed by atoms with E-state index in [0.29, 0.717) is 12.8 Å². The lowest BCUT2D eigenvalue weighted by Gasteiger charge is -2.14. The van der Waals surface area contributed by atoms with Gasteiger partial charge in [0.25, 0.3) is 0 Å². The smallest absolute Gasteiger partial charge is 0.324 e. The molecule has 1 aromatic rings. The molecule has 1 aliphatic carbocycles. The Balaban J connectivity index is 2.46. The second kappa shape index (κ2) is 4.51. The van der Waals surface area contributed by atoms with E-state index in [4.69, 9.17) is 5.11 Å². The number of halogens is 1. The molecule has 9 heteroatoms. The van der Waals surface area contributed by atoms with Crippen molar-refractivity contribution in [3.05, 3.63) is 34.1 Å². The zero-order chi connectivity index (χ0) is 14.3. The first-order chi connectivity index (χ1) is 8.81. The van der Waals surface area contributed by atoms with Crippen molar-refractivity contribution in [3.8, 4) is 0 Å². The normalized spacial score (nSPS) is 17.2. The van der Waals surface area contributed by atoms with Crippen LogP contribution in [-0.4, -0.2) is 30.6 Å². The minimum atomic E-state index is -4.26. The number of rotatable bonds is 5. The van der Waals surface area contributed by atoms with Gasteiger partial charge < -0.3 is 5.11 Å². The molecule has 0 spiro atoms. The highest BCUT2D eigenvalue weighted by molar-refractivity contribution is 7.89.